The number of para-hydroxylation sites is 1. The van der Waals surface area contributed by atoms with Crippen molar-refractivity contribution in [2.75, 3.05) is 11.9 Å². The van der Waals surface area contributed by atoms with Gasteiger partial charge in [0.2, 0.25) is 17.7 Å². The van der Waals surface area contributed by atoms with Crippen molar-refractivity contribution in [3.05, 3.63) is 48.3 Å². The lowest BCUT2D eigenvalue weighted by atomic mass is 9.92. The van der Waals surface area contributed by atoms with E-state index in [1.807, 2.05) is 45.2 Å². The summed E-state index contributed by atoms with van der Waals surface area (Å²) in [5, 5.41) is 9.62. The maximum Gasteiger partial charge on any atom is 0.243 e. The smallest absolute Gasteiger partial charge is 0.243 e. The standard InChI is InChI=1S/C21H27N5O3/c1-21(2,3)26-18(28)10-16(19(26)14-11-23-25(4)13-14)20(29)22-12-17(27)24-15-8-6-5-7-9-15/h5-9,11,13,16,19H,10,12H2,1-4H3,(H,22,29)(H,24,27)/t16-,19-/m1/s1. The van der Waals surface area contributed by atoms with Crippen LogP contribution >= 0.6 is 0 Å². The minimum atomic E-state index is -0.588. The van der Waals surface area contributed by atoms with Crippen molar-refractivity contribution in [3.63, 3.8) is 0 Å². The summed E-state index contributed by atoms with van der Waals surface area (Å²) in [6.45, 7) is 5.68. The number of nitrogens with one attached hydrogen (secondary N) is 2. The molecule has 1 aromatic heterocycles. The number of amides is 3. The first-order chi connectivity index (χ1) is 13.7. The van der Waals surface area contributed by atoms with E-state index in [1.54, 1.807) is 35.0 Å². The van der Waals surface area contributed by atoms with E-state index >= 15 is 0 Å². The Labute approximate surface area is 170 Å². The van der Waals surface area contributed by atoms with E-state index in [4.69, 9.17) is 0 Å². The number of rotatable bonds is 5. The molecule has 1 aromatic carbocycles. The van der Waals surface area contributed by atoms with Gasteiger partial charge in [0.1, 0.15) is 0 Å². The topological polar surface area (TPSA) is 96.3 Å². The van der Waals surface area contributed by atoms with E-state index in [2.05, 4.69) is 15.7 Å². The Morgan fingerprint density at radius 2 is 1.90 bits per heavy atom. The Bertz CT molecular complexity index is 901. The van der Waals surface area contributed by atoms with Crippen molar-refractivity contribution in [3.8, 4) is 0 Å². The van der Waals surface area contributed by atoms with Crippen LogP contribution in [0.1, 0.15) is 38.8 Å². The number of hydrogen-bond acceptors (Lipinski definition) is 4. The molecule has 8 nitrogen and oxygen atoms in total. The minimum Gasteiger partial charge on any atom is -0.347 e. The monoisotopic (exact) mass is 397 g/mol. The van der Waals surface area contributed by atoms with Gasteiger partial charge in [-0.25, -0.2) is 0 Å². The highest BCUT2D eigenvalue weighted by molar-refractivity contribution is 5.96. The Hall–Kier alpha value is -3.16. The fourth-order valence-corrected chi connectivity index (χ4v) is 3.76. The van der Waals surface area contributed by atoms with Crippen molar-refractivity contribution in [2.45, 2.75) is 38.8 Å². The fraction of sp³-hybridized carbons (Fsp3) is 0.429. The zero-order valence-electron chi connectivity index (χ0n) is 17.2. The van der Waals surface area contributed by atoms with Crippen LogP contribution in [0, 0.1) is 5.92 Å². The van der Waals surface area contributed by atoms with Crippen molar-refractivity contribution >= 4 is 23.4 Å². The normalized spacial score (nSPS) is 19.3. The molecular formula is C21H27N5O3. The van der Waals surface area contributed by atoms with E-state index in [0.717, 1.165) is 5.56 Å². The van der Waals surface area contributed by atoms with Crippen LogP contribution < -0.4 is 10.6 Å². The number of nitrogens with zero attached hydrogens (tertiary/aromatic N) is 3. The number of hydrogen-bond donors (Lipinski definition) is 2. The summed E-state index contributed by atoms with van der Waals surface area (Å²) < 4.78 is 1.65. The SMILES string of the molecule is Cn1cc([C@@H]2[C@H](C(=O)NCC(=O)Nc3ccccc3)CC(=O)N2C(C)(C)C)cn1. The van der Waals surface area contributed by atoms with Gasteiger partial charge in [-0.05, 0) is 32.9 Å². The molecule has 0 saturated carbocycles. The van der Waals surface area contributed by atoms with Crippen molar-refractivity contribution in [1.82, 2.24) is 20.0 Å². The first-order valence-corrected chi connectivity index (χ1v) is 9.60. The Morgan fingerprint density at radius 3 is 2.48 bits per heavy atom. The first kappa shape index (κ1) is 20.6. The highest BCUT2D eigenvalue weighted by atomic mass is 16.2. The van der Waals surface area contributed by atoms with Gasteiger partial charge in [-0.15, -0.1) is 0 Å². The lowest BCUT2D eigenvalue weighted by Gasteiger charge is -2.38. The van der Waals surface area contributed by atoms with Crippen LogP contribution in [-0.2, 0) is 21.4 Å². The molecule has 154 valence electrons. The summed E-state index contributed by atoms with van der Waals surface area (Å²) in [4.78, 5) is 39.6. The van der Waals surface area contributed by atoms with Gasteiger partial charge in [-0.3, -0.25) is 19.1 Å². The van der Waals surface area contributed by atoms with Crippen LogP contribution in [0.15, 0.2) is 42.7 Å². The van der Waals surface area contributed by atoms with Crippen molar-refractivity contribution < 1.29 is 14.4 Å². The van der Waals surface area contributed by atoms with Crippen LogP contribution in [-0.4, -0.2) is 44.5 Å². The van der Waals surface area contributed by atoms with Crippen LogP contribution in [0.25, 0.3) is 0 Å². The number of aromatic nitrogens is 2. The van der Waals surface area contributed by atoms with E-state index < -0.39 is 17.5 Å². The summed E-state index contributed by atoms with van der Waals surface area (Å²) in [5.41, 5.74) is 1.02. The summed E-state index contributed by atoms with van der Waals surface area (Å²) >= 11 is 0. The van der Waals surface area contributed by atoms with Gasteiger partial charge in [-0.1, -0.05) is 18.2 Å². The van der Waals surface area contributed by atoms with Crippen LogP contribution in [0.4, 0.5) is 5.69 Å². The molecule has 0 spiro atoms. The number of likely N-dealkylation sites (tertiary alicyclic amines) is 1. The second-order valence-corrected chi connectivity index (χ2v) is 8.27. The average molecular weight is 397 g/mol. The van der Waals surface area contributed by atoms with E-state index in [0.29, 0.717) is 5.69 Å². The number of anilines is 1. The zero-order valence-corrected chi connectivity index (χ0v) is 17.2. The third kappa shape index (κ3) is 4.64. The second kappa shape index (κ2) is 8.06. The van der Waals surface area contributed by atoms with Gasteiger partial charge >= 0.3 is 0 Å². The summed E-state index contributed by atoms with van der Waals surface area (Å²) in [6, 6.07) is 8.61. The Balaban J connectivity index is 1.72. The van der Waals surface area contributed by atoms with Crippen LogP contribution in [0.5, 0.6) is 0 Å². The Kier molecular flexibility index (Phi) is 5.72. The van der Waals surface area contributed by atoms with Gasteiger partial charge < -0.3 is 15.5 Å². The molecule has 0 unspecified atom stereocenters. The lowest BCUT2D eigenvalue weighted by Crippen LogP contribution is -2.45. The van der Waals surface area contributed by atoms with E-state index in [1.165, 1.54) is 0 Å². The van der Waals surface area contributed by atoms with Crippen LogP contribution in [0.2, 0.25) is 0 Å². The molecule has 1 fully saturated rings. The van der Waals surface area contributed by atoms with Gasteiger partial charge in [-0.2, -0.15) is 5.10 Å². The summed E-state index contributed by atoms with van der Waals surface area (Å²) in [5.74, 6) is -1.31. The molecule has 2 atom stereocenters. The second-order valence-electron chi connectivity index (χ2n) is 8.27. The molecule has 2 aromatic rings. The molecule has 3 amide bonds. The zero-order chi connectivity index (χ0) is 21.2. The van der Waals surface area contributed by atoms with Gasteiger partial charge in [0.05, 0.1) is 24.7 Å². The highest BCUT2D eigenvalue weighted by Gasteiger charge is 2.48. The third-order valence-electron chi connectivity index (χ3n) is 4.93. The molecule has 2 N–H and O–H groups in total. The quantitative estimate of drug-likeness (QED) is 0.805. The first-order valence-electron chi connectivity index (χ1n) is 9.60. The highest BCUT2D eigenvalue weighted by Crippen LogP contribution is 2.42. The van der Waals surface area contributed by atoms with E-state index in [9.17, 15) is 14.4 Å². The van der Waals surface area contributed by atoms with Gasteiger partial charge in [0.25, 0.3) is 0 Å². The predicted molar refractivity (Wildman–Crippen MR) is 109 cm³/mol. The number of carbonyl (C=O) groups is 3. The molecular weight excluding hydrogens is 370 g/mol. The molecule has 8 heteroatoms. The van der Waals surface area contributed by atoms with E-state index in [-0.39, 0.29) is 30.7 Å². The summed E-state index contributed by atoms with van der Waals surface area (Å²) in [7, 11) is 1.80. The average Bonchev–Trinajstić information content (AvgIpc) is 3.23. The van der Waals surface area contributed by atoms with Crippen molar-refractivity contribution in [1.29, 1.82) is 0 Å². The van der Waals surface area contributed by atoms with Crippen LogP contribution in [0.3, 0.4) is 0 Å². The molecule has 3 rings (SSSR count). The minimum absolute atomic E-state index is 0.0831. The number of aryl methyl sites for hydroxylation is 1. The van der Waals surface area contributed by atoms with Gasteiger partial charge in [0, 0.05) is 36.5 Å². The van der Waals surface area contributed by atoms with Gasteiger partial charge in [0.15, 0.2) is 0 Å². The molecule has 29 heavy (non-hydrogen) atoms. The molecule has 0 bridgehead atoms. The molecule has 0 radical (unpaired) electrons. The number of carbonyl (C=O) groups excluding carboxylic acids is 3. The molecule has 1 aliphatic rings. The molecule has 1 saturated heterocycles. The predicted octanol–water partition coefficient (Wildman–Crippen LogP) is 1.86. The summed E-state index contributed by atoms with van der Waals surface area (Å²) in [6.07, 6.45) is 3.61. The maximum atomic E-state index is 12.9. The fourth-order valence-electron chi connectivity index (χ4n) is 3.76. The molecule has 1 aliphatic heterocycles. The Morgan fingerprint density at radius 1 is 1.21 bits per heavy atom. The lowest BCUT2D eigenvalue weighted by molar-refractivity contribution is -0.133. The molecule has 2 heterocycles. The molecule has 0 aliphatic carbocycles. The third-order valence-corrected chi connectivity index (χ3v) is 4.93. The number of benzene rings is 1. The van der Waals surface area contributed by atoms with Crippen molar-refractivity contribution in [2.24, 2.45) is 13.0 Å². The largest absolute Gasteiger partial charge is 0.347 e. The maximum absolute atomic E-state index is 12.9.